The summed E-state index contributed by atoms with van der Waals surface area (Å²) in [6, 6.07) is 0. The van der Waals surface area contributed by atoms with Crippen molar-refractivity contribution in [3.05, 3.63) is 17.5 Å². The highest BCUT2D eigenvalue weighted by molar-refractivity contribution is 6.29. The van der Waals surface area contributed by atoms with Gasteiger partial charge in [0, 0.05) is 13.1 Å². The van der Waals surface area contributed by atoms with E-state index in [2.05, 4.69) is 20.2 Å². The molecule has 1 rings (SSSR count). The van der Waals surface area contributed by atoms with Crippen molar-refractivity contribution in [1.29, 1.82) is 0 Å². The number of likely N-dealkylation sites (N-methyl/N-ethyl adjacent to an activating group) is 1. The van der Waals surface area contributed by atoms with Crippen LogP contribution in [-0.2, 0) is 0 Å². The van der Waals surface area contributed by atoms with Crippen LogP contribution in [0.3, 0.4) is 0 Å². The number of nitrogens with zero attached hydrogens (tertiary/aromatic N) is 3. The minimum atomic E-state index is 0.412. The van der Waals surface area contributed by atoms with Gasteiger partial charge in [0.2, 0.25) is 0 Å². The van der Waals surface area contributed by atoms with Gasteiger partial charge < -0.3 is 10.2 Å². The molecule has 0 unspecified atom stereocenters. The lowest BCUT2D eigenvalue weighted by Gasteiger charge is -2.10. The zero-order valence-corrected chi connectivity index (χ0v) is 8.54. The van der Waals surface area contributed by atoms with Crippen LogP contribution in [0, 0.1) is 0 Å². The third kappa shape index (κ3) is 4.05. The van der Waals surface area contributed by atoms with Crippen molar-refractivity contribution in [3.63, 3.8) is 0 Å². The van der Waals surface area contributed by atoms with Crippen LogP contribution in [0.4, 0.5) is 5.82 Å². The zero-order valence-electron chi connectivity index (χ0n) is 7.79. The molecule has 1 aromatic rings. The first-order valence-electron chi connectivity index (χ1n) is 4.04. The molecule has 4 nitrogen and oxygen atoms in total. The summed E-state index contributed by atoms with van der Waals surface area (Å²) < 4.78 is 0. The quantitative estimate of drug-likeness (QED) is 0.791. The summed E-state index contributed by atoms with van der Waals surface area (Å²) in [5.74, 6) is 0.717. The smallest absolute Gasteiger partial charge is 0.149 e. The third-order valence-electron chi connectivity index (χ3n) is 1.47. The second kappa shape index (κ2) is 4.99. The van der Waals surface area contributed by atoms with Crippen molar-refractivity contribution >= 4 is 17.4 Å². The maximum absolute atomic E-state index is 5.66. The van der Waals surface area contributed by atoms with E-state index in [-0.39, 0.29) is 0 Å². The Morgan fingerprint density at radius 2 is 2.23 bits per heavy atom. The van der Waals surface area contributed by atoms with Crippen LogP contribution >= 0.6 is 11.6 Å². The molecule has 1 heterocycles. The molecule has 1 N–H and O–H groups in total. The summed E-state index contributed by atoms with van der Waals surface area (Å²) in [6.45, 7) is 1.79. The zero-order chi connectivity index (χ0) is 9.68. The molecular weight excluding hydrogens is 188 g/mol. The largest absolute Gasteiger partial charge is 0.367 e. The number of hydrogen-bond acceptors (Lipinski definition) is 4. The Labute approximate surface area is 82.9 Å². The summed E-state index contributed by atoms with van der Waals surface area (Å²) in [4.78, 5) is 10.0. The van der Waals surface area contributed by atoms with Crippen LogP contribution in [0.5, 0.6) is 0 Å². The highest BCUT2D eigenvalue weighted by atomic mass is 35.5. The summed E-state index contributed by atoms with van der Waals surface area (Å²) in [6.07, 6.45) is 3.17. The van der Waals surface area contributed by atoms with Crippen LogP contribution in [-0.4, -0.2) is 42.1 Å². The lowest BCUT2D eigenvalue weighted by molar-refractivity contribution is 0.425. The lowest BCUT2D eigenvalue weighted by atomic mass is 10.5. The molecule has 0 saturated carbocycles. The van der Waals surface area contributed by atoms with E-state index in [1.807, 2.05) is 14.1 Å². The molecule has 0 fully saturated rings. The molecule has 5 heteroatoms. The van der Waals surface area contributed by atoms with Crippen LogP contribution < -0.4 is 5.32 Å². The van der Waals surface area contributed by atoms with Crippen LogP contribution in [0.1, 0.15) is 0 Å². The fourth-order valence-corrected chi connectivity index (χ4v) is 0.982. The highest BCUT2D eigenvalue weighted by Crippen LogP contribution is 2.05. The first-order valence-corrected chi connectivity index (χ1v) is 4.42. The predicted molar refractivity (Wildman–Crippen MR) is 54.1 cm³/mol. The van der Waals surface area contributed by atoms with E-state index in [9.17, 15) is 0 Å². The van der Waals surface area contributed by atoms with Crippen molar-refractivity contribution < 1.29 is 0 Å². The van der Waals surface area contributed by atoms with E-state index >= 15 is 0 Å². The van der Waals surface area contributed by atoms with Crippen LogP contribution in [0.15, 0.2) is 12.4 Å². The van der Waals surface area contributed by atoms with Gasteiger partial charge in [-0.1, -0.05) is 11.6 Å². The summed E-state index contributed by atoms with van der Waals surface area (Å²) in [5, 5.41) is 3.53. The Morgan fingerprint density at radius 3 is 2.85 bits per heavy atom. The maximum Gasteiger partial charge on any atom is 0.149 e. The average molecular weight is 201 g/mol. The van der Waals surface area contributed by atoms with Crippen molar-refractivity contribution in [3.8, 4) is 0 Å². The standard InChI is InChI=1S/C8H13ClN4/c1-13(2)4-3-11-8-6-10-5-7(9)12-8/h5-6H,3-4H2,1-2H3,(H,11,12). The molecule has 13 heavy (non-hydrogen) atoms. The van der Waals surface area contributed by atoms with E-state index in [1.165, 1.54) is 6.20 Å². The minimum absolute atomic E-state index is 0.412. The van der Waals surface area contributed by atoms with Gasteiger partial charge in [0.15, 0.2) is 0 Å². The minimum Gasteiger partial charge on any atom is -0.367 e. The number of rotatable bonds is 4. The van der Waals surface area contributed by atoms with E-state index in [1.54, 1.807) is 6.20 Å². The van der Waals surface area contributed by atoms with E-state index in [0.29, 0.717) is 11.0 Å². The van der Waals surface area contributed by atoms with Gasteiger partial charge in [-0.25, -0.2) is 4.98 Å². The second-order valence-corrected chi connectivity index (χ2v) is 3.34. The fourth-order valence-electron chi connectivity index (χ4n) is 0.835. The number of hydrogen-bond donors (Lipinski definition) is 1. The van der Waals surface area contributed by atoms with Gasteiger partial charge in [-0.05, 0) is 14.1 Å². The van der Waals surface area contributed by atoms with E-state index < -0.39 is 0 Å². The molecule has 0 amide bonds. The van der Waals surface area contributed by atoms with E-state index in [0.717, 1.165) is 13.1 Å². The van der Waals surface area contributed by atoms with Gasteiger partial charge >= 0.3 is 0 Å². The molecule has 0 aliphatic rings. The Bertz CT molecular complexity index is 264. The first kappa shape index (κ1) is 10.2. The van der Waals surface area contributed by atoms with Crippen LogP contribution in [0.2, 0.25) is 5.15 Å². The average Bonchev–Trinajstić information content (AvgIpc) is 2.03. The fraction of sp³-hybridized carbons (Fsp3) is 0.500. The van der Waals surface area contributed by atoms with Gasteiger partial charge in [0.25, 0.3) is 0 Å². The number of anilines is 1. The molecule has 0 bridgehead atoms. The topological polar surface area (TPSA) is 41.0 Å². The third-order valence-corrected chi connectivity index (χ3v) is 1.65. The number of aromatic nitrogens is 2. The first-order chi connectivity index (χ1) is 6.18. The second-order valence-electron chi connectivity index (χ2n) is 2.96. The summed E-state index contributed by atoms with van der Waals surface area (Å²) in [7, 11) is 4.04. The van der Waals surface area contributed by atoms with Gasteiger partial charge in [-0.2, -0.15) is 0 Å². The van der Waals surface area contributed by atoms with Crippen molar-refractivity contribution in [2.45, 2.75) is 0 Å². The Kier molecular flexibility index (Phi) is 3.92. The number of nitrogens with one attached hydrogen (secondary N) is 1. The predicted octanol–water partition coefficient (Wildman–Crippen LogP) is 1.10. The maximum atomic E-state index is 5.66. The van der Waals surface area contributed by atoms with Crippen molar-refractivity contribution in [2.75, 3.05) is 32.5 Å². The van der Waals surface area contributed by atoms with Gasteiger partial charge in [0.05, 0.1) is 12.4 Å². The lowest BCUT2D eigenvalue weighted by Crippen LogP contribution is -2.21. The van der Waals surface area contributed by atoms with Gasteiger partial charge in [-0.15, -0.1) is 0 Å². The highest BCUT2D eigenvalue weighted by Gasteiger charge is 1.95. The SMILES string of the molecule is CN(C)CCNc1cncc(Cl)n1. The molecule has 0 aliphatic heterocycles. The molecule has 0 atom stereocenters. The number of halogens is 1. The summed E-state index contributed by atoms with van der Waals surface area (Å²) >= 11 is 5.66. The molecule has 1 aromatic heterocycles. The van der Waals surface area contributed by atoms with Gasteiger partial charge in [0.1, 0.15) is 11.0 Å². The Morgan fingerprint density at radius 1 is 1.46 bits per heavy atom. The van der Waals surface area contributed by atoms with Crippen molar-refractivity contribution in [2.24, 2.45) is 0 Å². The Hall–Kier alpha value is -0.870. The summed E-state index contributed by atoms with van der Waals surface area (Å²) in [5.41, 5.74) is 0. The van der Waals surface area contributed by atoms with Crippen LogP contribution in [0.25, 0.3) is 0 Å². The molecule has 0 spiro atoms. The molecule has 72 valence electrons. The molecular formula is C8H13ClN4. The molecule has 0 aliphatic carbocycles. The molecule has 0 aromatic carbocycles. The van der Waals surface area contributed by atoms with Gasteiger partial charge in [-0.3, -0.25) is 4.98 Å². The normalized spacial score (nSPS) is 10.5. The van der Waals surface area contributed by atoms with E-state index in [4.69, 9.17) is 11.6 Å². The monoisotopic (exact) mass is 200 g/mol. The molecule has 0 saturated heterocycles. The molecule has 0 radical (unpaired) electrons. The Balaban J connectivity index is 2.37. The van der Waals surface area contributed by atoms with Crippen molar-refractivity contribution in [1.82, 2.24) is 14.9 Å².